The normalized spacial score (nSPS) is 17.1. The van der Waals surface area contributed by atoms with E-state index in [1.165, 1.54) is 0 Å². The lowest BCUT2D eigenvalue weighted by molar-refractivity contribution is 0.100. The Balaban J connectivity index is 2.54. The molecule has 1 aromatic heterocycles. The molecule has 1 aromatic rings. The smallest absolute Gasteiger partial charge is 0.261 e. The number of piperidine rings is 1. The Kier molecular flexibility index (Phi) is 4.48. The highest BCUT2D eigenvalue weighted by Gasteiger charge is 2.31. The first-order chi connectivity index (χ1) is 9.77. The summed E-state index contributed by atoms with van der Waals surface area (Å²) in [5, 5.41) is 0.565. The molecule has 0 radical (unpaired) electrons. The Labute approximate surface area is 129 Å². The SMILES string of the molecule is CCS(=O)(=O)c1c(N2CCC(C)CC2)sc(C(N)=O)c1N. The van der Waals surface area contributed by atoms with E-state index >= 15 is 0 Å². The van der Waals surface area contributed by atoms with Gasteiger partial charge in [-0.15, -0.1) is 11.3 Å². The lowest BCUT2D eigenvalue weighted by Crippen LogP contribution is -2.33. The molecule has 1 aliphatic rings. The van der Waals surface area contributed by atoms with Crippen LogP contribution in [0.3, 0.4) is 0 Å². The number of nitrogen functional groups attached to an aromatic ring is 1. The van der Waals surface area contributed by atoms with Crippen LogP contribution >= 0.6 is 11.3 Å². The fraction of sp³-hybridized carbons (Fsp3) is 0.615. The van der Waals surface area contributed by atoms with Crippen LogP contribution in [0.4, 0.5) is 10.7 Å². The number of amides is 1. The third-order valence-electron chi connectivity index (χ3n) is 3.87. The molecule has 0 unspecified atom stereocenters. The number of sulfone groups is 1. The van der Waals surface area contributed by atoms with Gasteiger partial charge in [-0.3, -0.25) is 4.79 Å². The highest BCUT2D eigenvalue weighted by molar-refractivity contribution is 7.92. The molecule has 1 aliphatic heterocycles. The molecule has 0 saturated carbocycles. The van der Waals surface area contributed by atoms with Crippen LogP contribution in [0.5, 0.6) is 0 Å². The zero-order valence-corrected chi connectivity index (χ0v) is 13.9. The lowest BCUT2D eigenvalue weighted by atomic mass is 9.99. The molecule has 2 rings (SSSR count). The fourth-order valence-corrected chi connectivity index (χ4v) is 5.18. The standard InChI is InChI=1S/C13H21N3O3S2/c1-3-21(18,19)11-9(14)10(12(15)17)20-13(11)16-6-4-8(2)5-7-16/h8H,3-7,14H2,1-2H3,(H2,15,17). The van der Waals surface area contributed by atoms with Gasteiger partial charge in [-0.05, 0) is 18.8 Å². The van der Waals surface area contributed by atoms with E-state index < -0.39 is 15.7 Å². The second-order valence-corrected chi connectivity index (χ2v) is 8.63. The minimum absolute atomic E-state index is 0.00275. The molecule has 0 aliphatic carbocycles. The number of anilines is 2. The van der Waals surface area contributed by atoms with Crippen molar-refractivity contribution in [1.82, 2.24) is 0 Å². The second kappa shape index (κ2) is 5.84. The van der Waals surface area contributed by atoms with Crippen molar-refractivity contribution in [1.29, 1.82) is 0 Å². The van der Waals surface area contributed by atoms with Gasteiger partial charge in [-0.2, -0.15) is 0 Å². The fourth-order valence-electron chi connectivity index (χ4n) is 2.46. The maximum absolute atomic E-state index is 12.3. The van der Waals surface area contributed by atoms with Crippen molar-refractivity contribution in [3.8, 4) is 0 Å². The van der Waals surface area contributed by atoms with E-state index in [1.807, 2.05) is 4.90 Å². The molecule has 1 fully saturated rings. The first-order valence-electron chi connectivity index (χ1n) is 6.97. The predicted octanol–water partition coefficient (Wildman–Crippen LogP) is 1.46. The minimum atomic E-state index is -3.50. The molecule has 4 N–H and O–H groups in total. The van der Waals surface area contributed by atoms with E-state index in [1.54, 1.807) is 6.92 Å². The maximum atomic E-state index is 12.3. The topological polar surface area (TPSA) is 106 Å². The summed E-state index contributed by atoms with van der Waals surface area (Å²) in [6.45, 7) is 5.29. The van der Waals surface area contributed by atoms with Gasteiger partial charge in [0.05, 0.1) is 11.4 Å². The molecule has 118 valence electrons. The van der Waals surface area contributed by atoms with Gasteiger partial charge in [0.15, 0.2) is 9.84 Å². The van der Waals surface area contributed by atoms with Crippen LogP contribution in [0.1, 0.15) is 36.4 Å². The molecule has 1 amide bonds. The summed E-state index contributed by atoms with van der Waals surface area (Å²) >= 11 is 1.09. The highest BCUT2D eigenvalue weighted by atomic mass is 32.2. The third-order valence-corrected chi connectivity index (χ3v) is 7.07. The van der Waals surface area contributed by atoms with Crippen LogP contribution in [-0.4, -0.2) is 33.2 Å². The van der Waals surface area contributed by atoms with Crippen LogP contribution < -0.4 is 16.4 Å². The van der Waals surface area contributed by atoms with E-state index in [9.17, 15) is 13.2 Å². The predicted molar refractivity (Wildman–Crippen MR) is 85.6 cm³/mol. The molecule has 0 spiro atoms. The number of rotatable bonds is 4. The molecule has 1 saturated heterocycles. The van der Waals surface area contributed by atoms with Crippen LogP contribution in [-0.2, 0) is 9.84 Å². The number of thiophene rings is 1. The Morgan fingerprint density at radius 2 is 1.95 bits per heavy atom. The van der Waals surface area contributed by atoms with Gasteiger partial charge in [0.25, 0.3) is 5.91 Å². The van der Waals surface area contributed by atoms with Crippen molar-refractivity contribution in [3.63, 3.8) is 0 Å². The second-order valence-electron chi connectivity index (χ2n) is 5.42. The summed E-state index contributed by atoms with van der Waals surface area (Å²) in [6, 6.07) is 0. The molecular weight excluding hydrogens is 310 g/mol. The third kappa shape index (κ3) is 3.01. The van der Waals surface area contributed by atoms with E-state index in [-0.39, 0.29) is 21.2 Å². The number of nitrogens with two attached hydrogens (primary N) is 2. The molecule has 2 heterocycles. The number of nitrogens with zero attached hydrogens (tertiary/aromatic N) is 1. The first-order valence-corrected chi connectivity index (χ1v) is 9.44. The average Bonchev–Trinajstić information content (AvgIpc) is 2.78. The van der Waals surface area contributed by atoms with Crippen LogP contribution in [0.15, 0.2) is 4.90 Å². The molecule has 8 heteroatoms. The van der Waals surface area contributed by atoms with Crippen LogP contribution in [0.25, 0.3) is 0 Å². The summed E-state index contributed by atoms with van der Waals surface area (Å²) in [5.41, 5.74) is 11.2. The van der Waals surface area contributed by atoms with Crippen molar-refractivity contribution >= 4 is 37.8 Å². The van der Waals surface area contributed by atoms with Gasteiger partial charge in [0.2, 0.25) is 0 Å². The number of carbonyl (C=O) groups excluding carboxylic acids is 1. The van der Waals surface area contributed by atoms with Gasteiger partial charge < -0.3 is 16.4 Å². The average molecular weight is 331 g/mol. The zero-order valence-electron chi connectivity index (χ0n) is 12.3. The van der Waals surface area contributed by atoms with Gasteiger partial charge in [-0.25, -0.2) is 8.42 Å². The molecular formula is C13H21N3O3S2. The largest absolute Gasteiger partial charge is 0.396 e. The zero-order chi connectivity index (χ0) is 15.8. The summed E-state index contributed by atoms with van der Waals surface area (Å²) in [7, 11) is -3.50. The monoisotopic (exact) mass is 331 g/mol. The van der Waals surface area contributed by atoms with E-state index in [0.717, 1.165) is 37.3 Å². The molecule has 21 heavy (non-hydrogen) atoms. The number of primary amides is 1. The van der Waals surface area contributed by atoms with Crippen molar-refractivity contribution in [3.05, 3.63) is 4.88 Å². The van der Waals surface area contributed by atoms with Gasteiger partial charge >= 0.3 is 0 Å². The van der Waals surface area contributed by atoms with Gasteiger partial charge in [0.1, 0.15) is 14.8 Å². The Morgan fingerprint density at radius 1 is 1.38 bits per heavy atom. The Morgan fingerprint density at radius 3 is 2.43 bits per heavy atom. The number of hydrogen-bond donors (Lipinski definition) is 2. The summed E-state index contributed by atoms with van der Waals surface area (Å²) in [6.07, 6.45) is 1.99. The van der Waals surface area contributed by atoms with Gasteiger partial charge in [-0.1, -0.05) is 13.8 Å². The van der Waals surface area contributed by atoms with Crippen molar-refractivity contribution in [2.24, 2.45) is 11.7 Å². The quantitative estimate of drug-likeness (QED) is 0.868. The maximum Gasteiger partial charge on any atom is 0.261 e. The molecule has 0 aromatic carbocycles. The van der Waals surface area contributed by atoms with Crippen LogP contribution in [0, 0.1) is 5.92 Å². The van der Waals surface area contributed by atoms with E-state index in [2.05, 4.69) is 6.92 Å². The van der Waals surface area contributed by atoms with E-state index in [0.29, 0.717) is 10.9 Å². The van der Waals surface area contributed by atoms with Crippen LogP contribution in [0.2, 0.25) is 0 Å². The molecule has 6 nitrogen and oxygen atoms in total. The van der Waals surface area contributed by atoms with E-state index in [4.69, 9.17) is 11.5 Å². The highest BCUT2D eigenvalue weighted by Crippen LogP contribution is 2.43. The minimum Gasteiger partial charge on any atom is -0.396 e. The van der Waals surface area contributed by atoms with Crippen molar-refractivity contribution < 1.29 is 13.2 Å². The Hall–Kier alpha value is -1.28. The molecule has 0 atom stereocenters. The summed E-state index contributed by atoms with van der Waals surface area (Å²) < 4.78 is 24.7. The summed E-state index contributed by atoms with van der Waals surface area (Å²) in [4.78, 5) is 13.7. The first kappa shape index (κ1) is 16.1. The Bertz CT molecular complexity index is 644. The van der Waals surface area contributed by atoms with Crippen molar-refractivity contribution in [2.75, 3.05) is 29.5 Å². The lowest BCUT2D eigenvalue weighted by Gasteiger charge is -2.31. The van der Waals surface area contributed by atoms with Gasteiger partial charge in [0, 0.05) is 13.1 Å². The number of carbonyl (C=O) groups is 1. The number of hydrogen-bond acceptors (Lipinski definition) is 6. The molecule has 0 bridgehead atoms. The summed E-state index contributed by atoms with van der Waals surface area (Å²) in [5.74, 6) is -0.106. The van der Waals surface area contributed by atoms with Crippen molar-refractivity contribution in [2.45, 2.75) is 31.6 Å².